The van der Waals surface area contributed by atoms with Crippen LogP contribution in [0.5, 0.6) is 0 Å². The van der Waals surface area contributed by atoms with E-state index in [1.54, 1.807) is 0 Å². The first-order valence-corrected chi connectivity index (χ1v) is 8.82. The minimum Gasteiger partial charge on any atom is -0.371 e. The summed E-state index contributed by atoms with van der Waals surface area (Å²) in [7, 11) is 0. The summed E-state index contributed by atoms with van der Waals surface area (Å²) in [6.45, 7) is 3.43. The molecule has 3 aliphatic rings. The smallest absolute Gasteiger partial charge is 0.0562 e. The number of piperidine rings is 1. The van der Waals surface area contributed by atoms with Crippen LogP contribution in [-0.2, 0) is 6.54 Å². The van der Waals surface area contributed by atoms with Crippen LogP contribution in [0.3, 0.4) is 0 Å². The molecule has 2 aliphatic carbocycles. The molecule has 1 aromatic heterocycles. The predicted octanol–water partition coefficient (Wildman–Crippen LogP) is 3.35. The van der Waals surface area contributed by atoms with Gasteiger partial charge in [-0.3, -0.25) is 4.98 Å². The predicted molar refractivity (Wildman–Crippen MR) is 86.4 cm³/mol. The number of nitrogens with zero attached hydrogens (tertiary/aromatic N) is 2. The number of hydrogen-bond donors (Lipinski definition) is 1. The fourth-order valence-corrected chi connectivity index (χ4v) is 4.13. The maximum absolute atomic E-state index is 4.53. The highest BCUT2D eigenvalue weighted by Gasteiger charge is 2.31. The number of fused-ring (bicyclic) bond motifs is 1. The van der Waals surface area contributed by atoms with Crippen molar-refractivity contribution in [3.63, 3.8) is 0 Å². The van der Waals surface area contributed by atoms with Gasteiger partial charge in [0.1, 0.15) is 0 Å². The molecule has 0 amide bonds. The van der Waals surface area contributed by atoms with Gasteiger partial charge in [0.25, 0.3) is 0 Å². The van der Waals surface area contributed by atoms with Crippen LogP contribution in [0.4, 0.5) is 5.69 Å². The molecule has 4 rings (SSSR count). The molecular weight excluding hydrogens is 258 g/mol. The Morgan fingerprint density at radius 2 is 1.95 bits per heavy atom. The maximum atomic E-state index is 4.53. The van der Waals surface area contributed by atoms with E-state index < -0.39 is 0 Å². The molecule has 0 radical (unpaired) electrons. The van der Waals surface area contributed by atoms with E-state index in [2.05, 4.69) is 27.3 Å². The van der Waals surface area contributed by atoms with Gasteiger partial charge in [-0.15, -0.1) is 0 Å². The number of pyridine rings is 1. The van der Waals surface area contributed by atoms with E-state index in [4.69, 9.17) is 0 Å². The van der Waals surface area contributed by atoms with Crippen LogP contribution in [0.1, 0.15) is 50.6 Å². The molecule has 3 nitrogen and oxygen atoms in total. The molecular formula is C18H27N3. The number of hydrogen-bond acceptors (Lipinski definition) is 3. The zero-order valence-corrected chi connectivity index (χ0v) is 12.9. The van der Waals surface area contributed by atoms with Crippen LogP contribution in [0, 0.1) is 11.8 Å². The zero-order valence-electron chi connectivity index (χ0n) is 12.9. The van der Waals surface area contributed by atoms with Gasteiger partial charge in [0.05, 0.1) is 5.69 Å². The summed E-state index contributed by atoms with van der Waals surface area (Å²) in [6.07, 6.45) is 11.9. The first-order chi connectivity index (χ1) is 10.4. The SMILES string of the molecule is c1cc(N2CCC3CCCCC3C2)cc(CNC2CC2)n1. The van der Waals surface area contributed by atoms with Crippen molar-refractivity contribution in [1.82, 2.24) is 10.3 Å². The Bertz CT molecular complexity index is 483. The van der Waals surface area contributed by atoms with Crippen LogP contribution in [0.25, 0.3) is 0 Å². The van der Waals surface area contributed by atoms with Crippen molar-refractivity contribution >= 4 is 5.69 Å². The molecule has 1 aliphatic heterocycles. The van der Waals surface area contributed by atoms with E-state index in [0.717, 1.165) is 24.4 Å². The number of aromatic nitrogens is 1. The summed E-state index contributed by atoms with van der Waals surface area (Å²) in [5.74, 6) is 1.95. The largest absolute Gasteiger partial charge is 0.371 e. The molecule has 2 saturated carbocycles. The summed E-state index contributed by atoms with van der Waals surface area (Å²) in [5, 5.41) is 3.57. The second-order valence-electron chi connectivity index (χ2n) is 7.20. The molecule has 0 spiro atoms. The van der Waals surface area contributed by atoms with E-state index in [-0.39, 0.29) is 0 Å². The van der Waals surface area contributed by atoms with E-state index in [1.807, 2.05) is 6.20 Å². The minimum atomic E-state index is 0.758. The Morgan fingerprint density at radius 3 is 2.81 bits per heavy atom. The Hall–Kier alpha value is -1.09. The third-order valence-electron chi connectivity index (χ3n) is 5.61. The van der Waals surface area contributed by atoms with Gasteiger partial charge in [-0.05, 0) is 49.7 Å². The molecule has 1 aromatic rings. The average Bonchev–Trinajstić information content (AvgIpc) is 3.37. The average molecular weight is 285 g/mol. The van der Waals surface area contributed by atoms with Crippen LogP contribution in [0.15, 0.2) is 18.3 Å². The first-order valence-electron chi connectivity index (χ1n) is 8.82. The van der Waals surface area contributed by atoms with E-state index in [1.165, 1.54) is 69.4 Å². The summed E-state index contributed by atoms with van der Waals surface area (Å²) in [5.41, 5.74) is 2.59. The Morgan fingerprint density at radius 1 is 1.10 bits per heavy atom. The normalized spacial score (nSPS) is 29.2. The highest BCUT2D eigenvalue weighted by Crippen LogP contribution is 2.37. The topological polar surface area (TPSA) is 28.2 Å². The second kappa shape index (κ2) is 5.96. The van der Waals surface area contributed by atoms with Crippen LogP contribution >= 0.6 is 0 Å². The van der Waals surface area contributed by atoms with Gasteiger partial charge in [0, 0.05) is 37.6 Å². The van der Waals surface area contributed by atoms with Gasteiger partial charge in [-0.1, -0.05) is 19.3 Å². The van der Waals surface area contributed by atoms with Crippen LogP contribution in [-0.4, -0.2) is 24.1 Å². The van der Waals surface area contributed by atoms with Gasteiger partial charge in [-0.2, -0.15) is 0 Å². The van der Waals surface area contributed by atoms with Gasteiger partial charge < -0.3 is 10.2 Å². The van der Waals surface area contributed by atoms with Crippen molar-refractivity contribution in [3.8, 4) is 0 Å². The van der Waals surface area contributed by atoms with Crippen LogP contribution < -0.4 is 10.2 Å². The molecule has 0 bridgehead atoms. The molecule has 3 fully saturated rings. The lowest BCUT2D eigenvalue weighted by molar-refractivity contribution is 0.202. The maximum Gasteiger partial charge on any atom is 0.0562 e. The molecule has 21 heavy (non-hydrogen) atoms. The Balaban J connectivity index is 1.41. The fraction of sp³-hybridized carbons (Fsp3) is 0.722. The summed E-state index contributed by atoms with van der Waals surface area (Å²) < 4.78 is 0. The lowest BCUT2D eigenvalue weighted by Gasteiger charge is -2.42. The number of rotatable bonds is 4. The standard InChI is InChI=1S/C18H27N3/c1-2-4-15-13-21(10-8-14(15)3-1)18-7-9-19-17(11-18)12-20-16-5-6-16/h7,9,11,14-16,20H,1-6,8,10,12-13H2. The monoisotopic (exact) mass is 285 g/mol. The molecule has 0 aromatic carbocycles. The minimum absolute atomic E-state index is 0.758. The van der Waals surface area contributed by atoms with Crippen molar-refractivity contribution in [1.29, 1.82) is 0 Å². The second-order valence-corrected chi connectivity index (χ2v) is 7.20. The molecule has 1 saturated heterocycles. The summed E-state index contributed by atoms with van der Waals surface area (Å²) in [6, 6.07) is 5.26. The molecule has 2 unspecified atom stereocenters. The van der Waals surface area contributed by atoms with E-state index >= 15 is 0 Å². The van der Waals surface area contributed by atoms with E-state index in [0.29, 0.717) is 0 Å². The van der Waals surface area contributed by atoms with Crippen molar-refractivity contribution in [3.05, 3.63) is 24.0 Å². The third kappa shape index (κ3) is 3.23. The number of anilines is 1. The van der Waals surface area contributed by atoms with Crippen molar-refractivity contribution in [2.24, 2.45) is 11.8 Å². The van der Waals surface area contributed by atoms with Crippen molar-refractivity contribution in [2.45, 2.75) is 57.5 Å². The molecule has 114 valence electrons. The van der Waals surface area contributed by atoms with Gasteiger partial charge in [-0.25, -0.2) is 0 Å². The van der Waals surface area contributed by atoms with E-state index in [9.17, 15) is 0 Å². The fourth-order valence-electron chi connectivity index (χ4n) is 4.13. The first kappa shape index (κ1) is 13.6. The highest BCUT2D eigenvalue weighted by atomic mass is 15.1. The molecule has 2 atom stereocenters. The van der Waals surface area contributed by atoms with Gasteiger partial charge in [0.15, 0.2) is 0 Å². The lowest BCUT2D eigenvalue weighted by Crippen LogP contribution is -2.41. The molecule has 3 heteroatoms. The van der Waals surface area contributed by atoms with Gasteiger partial charge in [0.2, 0.25) is 0 Å². The Labute approximate surface area is 128 Å². The zero-order chi connectivity index (χ0) is 14.1. The quantitative estimate of drug-likeness (QED) is 0.919. The molecule has 1 N–H and O–H groups in total. The van der Waals surface area contributed by atoms with Gasteiger partial charge >= 0.3 is 0 Å². The van der Waals surface area contributed by atoms with Crippen molar-refractivity contribution < 1.29 is 0 Å². The molecule has 2 heterocycles. The van der Waals surface area contributed by atoms with Crippen molar-refractivity contribution in [2.75, 3.05) is 18.0 Å². The van der Waals surface area contributed by atoms with Crippen LogP contribution in [0.2, 0.25) is 0 Å². The Kier molecular flexibility index (Phi) is 3.85. The third-order valence-corrected chi connectivity index (χ3v) is 5.61. The summed E-state index contributed by atoms with van der Waals surface area (Å²) >= 11 is 0. The number of nitrogens with one attached hydrogen (secondary N) is 1. The summed E-state index contributed by atoms with van der Waals surface area (Å²) in [4.78, 5) is 7.13. The highest BCUT2D eigenvalue weighted by molar-refractivity contribution is 5.47. The lowest BCUT2D eigenvalue weighted by atomic mass is 9.75.